The van der Waals surface area contributed by atoms with Crippen molar-refractivity contribution in [2.75, 3.05) is 0 Å². The molecule has 0 radical (unpaired) electrons. The molecule has 0 saturated carbocycles. The van der Waals surface area contributed by atoms with Crippen LogP contribution in [0.2, 0.25) is 0 Å². The molecule has 1 aliphatic rings. The van der Waals surface area contributed by atoms with E-state index < -0.39 is 0 Å². The number of fused-ring (bicyclic) bond motifs is 1. The van der Waals surface area contributed by atoms with Crippen LogP contribution in [0.25, 0.3) is 0 Å². The Labute approximate surface area is 126 Å². The standard InChI is InChI=1S/C17H20N.BrH/c1-2-6-15(7-3-1)10-12-18-13-11-16-8-4-5-9-17(16)14-18;/h1-3,6-7,11,13-14H,4-5,8-10,12H2;1H/q+1;/p-1. The summed E-state index contributed by atoms with van der Waals surface area (Å²) in [4.78, 5) is 0. The summed E-state index contributed by atoms with van der Waals surface area (Å²) in [6, 6.07) is 13.0. The van der Waals surface area contributed by atoms with Gasteiger partial charge in [-0.25, -0.2) is 4.57 Å². The third kappa shape index (κ3) is 3.66. The van der Waals surface area contributed by atoms with Crippen molar-refractivity contribution in [2.24, 2.45) is 0 Å². The largest absolute Gasteiger partial charge is 1.00 e. The first-order valence-electron chi connectivity index (χ1n) is 6.96. The number of halogens is 1. The van der Waals surface area contributed by atoms with Crippen LogP contribution in [0.3, 0.4) is 0 Å². The lowest BCUT2D eigenvalue weighted by molar-refractivity contribution is -0.697. The summed E-state index contributed by atoms with van der Waals surface area (Å²) in [5.74, 6) is 0. The summed E-state index contributed by atoms with van der Waals surface area (Å²) in [7, 11) is 0. The molecule has 0 saturated heterocycles. The highest BCUT2D eigenvalue weighted by Crippen LogP contribution is 2.18. The minimum atomic E-state index is 0. The third-order valence-corrected chi connectivity index (χ3v) is 3.85. The van der Waals surface area contributed by atoms with Crippen LogP contribution < -0.4 is 21.5 Å². The molecule has 2 aromatic rings. The Morgan fingerprint density at radius 1 is 0.895 bits per heavy atom. The Kier molecular flexibility index (Phi) is 5.15. The second kappa shape index (κ2) is 6.85. The maximum absolute atomic E-state index is 2.36. The molecule has 1 heterocycles. The molecule has 1 nitrogen and oxygen atoms in total. The second-order valence-corrected chi connectivity index (χ2v) is 5.18. The molecule has 0 N–H and O–H groups in total. The number of pyridine rings is 1. The Hall–Kier alpha value is -1.15. The van der Waals surface area contributed by atoms with E-state index in [1.54, 1.807) is 11.1 Å². The number of hydrogen-bond donors (Lipinski definition) is 0. The number of benzene rings is 1. The zero-order valence-corrected chi connectivity index (χ0v) is 12.8. The van der Waals surface area contributed by atoms with Gasteiger partial charge in [0.2, 0.25) is 0 Å². The summed E-state index contributed by atoms with van der Waals surface area (Å²) in [6.07, 6.45) is 11.0. The van der Waals surface area contributed by atoms with Gasteiger partial charge in [-0.1, -0.05) is 30.3 Å². The van der Waals surface area contributed by atoms with Gasteiger partial charge in [0.1, 0.15) is 0 Å². The van der Waals surface area contributed by atoms with Crippen molar-refractivity contribution in [2.45, 2.75) is 38.6 Å². The summed E-state index contributed by atoms with van der Waals surface area (Å²) in [6.45, 7) is 1.08. The molecule has 2 heteroatoms. The van der Waals surface area contributed by atoms with Gasteiger partial charge in [0.25, 0.3) is 0 Å². The summed E-state index contributed by atoms with van der Waals surface area (Å²) >= 11 is 0. The van der Waals surface area contributed by atoms with E-state index in [0.717, 1.165) is 13.0 Å². The lowest BCUT2D eigenvalue weighted by atomic mass is 9.93. The van der Waals surface area contributed by atoms with Gasteiger partial charge in [-0.3, -0.25) is 0 Å². The lowest BCUT2D eigenvalue weighted by Crippen LogP contribution is -3.00. The SMILES string of the molecule is [Br-].c1ccc(CC[n+]2ccc3c(c2)CCCC3)cc1. The zero-order chi connectivity index (χ0) is 12.2. The van der Waals surface area contributed by atoms with E-state index in [1.165, 1.54) is 31.2 Å². The molecule has 1 aliphatic carbocycles. The van der Waals surface area contributed by atoms with Crippen molar-refractivity contribution < 1.29 is 21.5 Å². The normalized spacial score (nSPS) is 13.5. The smallest absolute Gasteiger partial charge is 0.172 e. The van der Waals surface area contributed by atoms with Crippen LogP contribution in [0, 0.1) is 0 Å². The molecule has 0 fully saturated rings. The van der Waals surface area contributed by atoms with Gasteiger partial charge in [0, 0.05) is 18.1 Å². The van der Waals surface area contributed by atoms with Gasteiger partial charge in [0.05, 0.1) is 0 Å². The molecule has 0 amide bonds. The third-order valence-electron chi connectivity index (χ3n) is 3.85. The predicted molar refractivity (Wildman–Crippen MR) is 73.4 cm³/mol. The van der Waals surface area contributed by atoms with Gasteiger partial charge in [-0.15, -0.1) is 0 Å². The first-order valence-corrected chi connectivity index (χ1v) is 6.96. The van der Waals surface area contributed by atoms with Gasteiger partial charge in [0.15, 0.2) is 18.9 Å². The number of aromatic nitrogens is 1. The second-order valence-electron chi connectivity index (χ2n) is 5.18. The van der Waals surface area contributed by atoms with Crippen LogP contribution in [0.1, 0.15) is 29.5 Å². The highest BCUT2D eigenvalue weighted by molar-refractivity contribution is 5.23. The summed E-state index contributed by atoms with van der Waals surface area (Å²) in [5.41, 5.74) is 4.55. The van der Waals surface area contributed by atoms with E-state index >= 15 is 0 Å². The molecule has 0 unspecified atom stereocenters. The molecule has 0 aliphatic heterocycles. The van der Waals surface area contributed by atoms with E-state index in [9.17, 15) is 0 Å². The molecule has 0 bridgehead atoms. The van der Waals surface area contributed by atoms with Crippen LogP contribution in [-0.4, -0.2) is 0 Å². The maximum Gasteiger partial charge on any atom is 0.172 e. The Morgan fingerprint density at radius 3 is 2.42 bits per heavy atom. The van der Waals surface area contributed by atoms with Crippen LogP contribution in [0.15, 0.2) is 48.8 Å². The topological polar surface area (TPSA) is 3.88 Å². The minimum Gasteiger partial charge on any atom is -1.00 e. The molecule has 100 valence electrons. The molecule has 1 aromatic heterocycles. The van der Waals surface area contributed by atoms with Gasteiger partial charge >= 0.3 is 0 Å². The highest BCUT2D eigenvalue weighted by Gasteiger charge is 2.13. The molecule has 1 aromatic carbocycles. The van der Waals surface area contributed by atoms with Crippen molar-refractivity contribution in [3.05, 3.63) is 65.5 Å². The van der Waals surface area contributed by atoms with Crippen LogP contribution in [-0.2, 0) is 25.8 Å². The van der Waals surface area contributed by atoms with Gasteiger partial charge in [-0.2, -0.15) is 0 Å². The fourth-order valence-corrected chi connectivity index (χ4v) is 2.76. The van der Waals surface area contributed by atoms with Crippen molar-refractivity contribution >= 4 is 0 Å². The minimum absolute atomic E-state index is 0. The molecule has 0 atom stereocenters. The number of hydrogen-bond acceptors (Lipinski definition) is 0. The monoisotopic (exact) mass is 317 g/mol. The number of rotatable bonds is 3. The molecule has 19 heavy (non-hydrogen) atoms. The van der Waals surface area contributed by atoms with Crippen LogP contribution >= 0.6 is 0 Å². The summed E-state index contributed by atoms with van der Waals surface area (Å²) < 4.78 is 2.34. The Bertz CT molecular complexity index is 522. The van der Waals surface area contributed by atoms with Crippen LogP contribution in [0.4, 0.5) is 0 Å². The van der Waals surface area contributed by atoms with E-state index in [0.29, 0.717) is 0 Å². The average molecular weight is 318 g/mol. The van der Waals surface area contributed by atoms with Crippen molar-refractivity contribution in [1.82, 2.24) is 0 Å². The first kappa shape index (κ1) is 14.3. The summed E-state index contributed by atoms with van der Waals surface area (Å²) in [5, 5.41) is 0. The Balaban J connectivity index is 0.00000133. The molecule has 0 spiro atoms. The highest BCUT2D eigenvalue weighted by atomic mass is 79.9. The zero-order valence-electron chi connectivity index (χ0n) is 11.2. The fourth-order valence-electron chi connectivity index (χ4n) is 2.76. The fraction of sp³-hybridized carbons (Fsp3) is 0.353. The van der Waals surface area contributed by atoms with E-state index in [-0.39, 0.29) is 17.0 Å². The van der Waals surface area contributed by atoms with Gasteiger partial charge in [-0.05, 0) is 36.8 Å². The Morgan fingerprint density at radius 2 is 1.63 bits per heavy atom. The molecular weight excluding hydrogens is 298 g/mol. The maximum atomic E-state index is 2.36. The average Bonchev–Trinajstić information content (AvgIpc) is 2.46. The van der Waals surface area contributed by atoms with Crippen LogP contribution in [0.5, 0.6) is 0 Å². The first-order chi connectivity index (χ1) is 8.92. The molecular formula is C17H20BrN. The van der Waals surface area contributed by atoms with Gasteiger partial charge < -0.3 is 17.0 Å². The predicted octanol–water partition coefficient (Wildman–Crippen LogP) is 0.0996. The molecule has 3 rings (SSSR count). The van der Waals surface area contributed by atoms with E-state index in [2.05, 4.69) is 53.4 Å². The lowest BCUT2D eigenvalue weighted by Gasteiger charge is -2.13. The number of aryl methyl sites for hydroxylation is 4. The van der Waals surface area contributed by atoms with Crippen molar-refractivity contribution in [1.29, 1.82) is 0 Å². The van der Waals surface area contributed by atoms with Crippen molar-refractivity contribution in [3.8, 4) is 0 Å². The van der Waals surface area contributed by atoms with Crippen molar-refractivity contribution in [3.63, 3.8) is 0 Å². The van der Waals surface area contributed by atoms with E-state index in [1.807, 2.05) is 0 Å². The quantitative estimate of drug-likeness (QED) is 0.707. The van der Waals surface area contributed by atoms with E-state index in [4.69, 9.17) is 0 Å². The number of nitrogens with zero attached hydrogens (tertiary/aromatic N) is 1.